The Morgan fingerprint density at radius 1 is 0.947 bits per heavy atom. The van der Waals surface area contributed by atoms with E-state index in [1.807, 2.05) is 55.5 Å². The molecule has 0 heterocycles. The van der Waals surface area contributed by atoms with Crippen molar-refractivity contribution in [3.05, 3.63) is 72.3 Å². The first-order valence-electron chi connectivity index (χ1n) is 6.31. The zero-order valence-corrected chi connectivity index (χ0v) is 11.1. The van der Waals surface area contributed by atoms with Gasteiger partial charge in [-0.1, -0.05) is 49.1 Å². The molecule has 0 N–H and O–H groups in total. The summed E-state index contributed by atoms with van der Waals surface area (Å²) in [5.74, 6) is 1.69. The summed E-state index contributed by atoms with van der Waals surface area (Å²) in [5.41, 5.74) is 2.17. The number of hydrogen-bond acceptors (Lipinski definition) is 2. The second-order valence-corrected chi connectivity index (χ2v) is 4.25. The Morgan fingerprint density at radius 2 is 1.63 bits per heavy atom. The molecule has 0 radical (unpaired) electrons. The Hall–Kier alpha value is -2.22. The normalized spacial score (nSPS) is 9.95. The van der Waals surface area contributed by atoms with Crippen molar-refractivity contribution in [2.45, 2.75) is 13.5 Å². The maximum absolute atomic E-state index is 5.84. The lowest BCUT2D eigenvalue weighted by atomic mass is 10.2. The van der Waals surface area contributed by atoms with E-state index in [9.17, 15) is 0 Å². The highest BCUT2D eigenvalue weighted by atomic mass is 16.5. The summed E-state index contributed by atoms with van der Waals surface area (Å²) < 4.78 is 11.4. The van der Waals surface area contributed by atoms with Crippen molar-refractivity contribution < 1.29 is 9.47 Å². The van der Waals surface area contributed by atoms with Crippen LogP contribution in [0.4, 0.5) is 0 Å². The third kappa shape index (κ3) is 3.62. The zero-order chi connectivity index (χ0) is 13.5. The van der Waals surface area contributed by atoms with Crippen LogP contribution in [0.25, 0.3) is 0 Å². The minimum atomic E-state index is 0.503. The Morgan fingerprint density at radius 3 is 2.32 bits per heavy atom. The summed E-state index contributed by atoms with van der Waals surface area (Å²) >= 11 is 0. The minimum Gasteiger partial charge on any atom is -0.489 e. The molecule has 0 aromatic heterocycles. The lowest BCUT2D eigenvalue weighted by molar-refractivity contribution is 0.298. The SMILES string of the molecule is C=CCOc1cccc(OCc2ccccc2)c1C. The lowest BCUT2D eigenvalue weighted by Gasteiger charge is -2.13. The molecule has 2 aromatic carbocycles. The van der Waals surface area contributed by atoms with Crippen LogP contribution in [0.3, 0.4) is 0 Å². The van der Waals surface area contributed by atoms with Gasteiger partial charge in [0.05, 0.1) is 0 Å². The van der Waals surface area contributed by atoms with Gasteiger partial charge in [0.15, 0.2) is 0 Å². The van der Waals surface area contributed by atoms with Crippen molar-refractivity contribution in [1.82, 2.24) is 0 Å². The fraction of sp³-hybridized carbons (Fsp3) is 0.176. The number of ether oxygens (including phenoxy) is 2. The van der Waals surface area contributed by atoms with Gasteiger partial charge in [0.25, 0.3) is 0 Å². The molecule has 0 aliphatic heterocycles. The Balaban J connectivity index is 2.06. The van der Waals surface area contributed by atoms with Crippen molar-refractivity contribution in [3.8, 4) is 11.5 Å². The molecular formula is C17H18O2. The summed E-state index contributed by atoms with van der Waals surface area (Å²) in [6.07, 6.45) is 1.73. The van der Waals surface area contributed by atoms with Gasteiger partial charge in [-0.05, 0) is 24.6 Å². The summed E-state index contributed by atoms with van der Waals surface area (Å²) in [7, 11) is 0. The first-order valence-corrected chi connectivity index (χ1v) is 6.31. The lowest BCUT2D eigenvalue weighted by Crippen LogP contribution is -2.00. The molecule has 0 amide bonds. The van der Waals surface area contributed by atoms with Crippen LogP contribution in [0.5, 0.6) is 11.5 Å². The third-order valence-corrected chi connectivity index (χ3v) is 2.83. The third-order valence-electron chi connectivity index (χ3n) is 2.83. The van der Waals surface area contributed by atoms with Crippen LogP contribution in [0.1, 0.15) is 11.1 Å². The Kier molecular flexibility index (Phi) is 4.62. The molecular weight excluding hydrogens is 236 g/mol. The van der Waals surface area contributed by atoms with Gasteiger partial charge in [0.1, 0.15) is 24.7 Å². The largest absolute Gasteiger partial charge is 0.489 e. The van der Waals surface area contributed by atoms with E-state index in [0.717, 1.165) is 22.6 Å². The molecule has 19 heavy (non-hydrogen) atoms. The number of benzene rings is 2. The van der Waals surface area contributed by atoms with Crippen LogP contribution in [0, 0.1) is 6.92 Å². The molecule has 0 saturated heterocycles. The molecule has 2 aromatic rings. The molecule has 0 aliphatic rings. The molecule has 0 spiro atoms. The quantitative estimate of drug-likeness (QED) is 0.721. The predicted molar refractivity (Wildman–Crippen MR) is 77.6 cm³/mol. The van der Waals surface area contributed by atoms with E-state index in [2.05, 4.69) is 6.58 Å². The van der Waals surface area contributed by atoms with Gasteiger partial charge in [-0.25, -0.2) is 0 Å². The van der Waals surface area contributed by atoms with Crippen molar-refractivity contribution >= 4 is 0 Å². The van der Waals surface area contributed by atoms with Gasteiger partial charge >= 0.3 is 0 Å². The van der Waals surface area contributed by atoms with Gasteiger partial charge in [-0.15, -0.1) is 0 Å². The molecule has 0 saturated carbocycles. The van der Waals surface area contributed by atoms with Crippen molar-refractivity contribution in [2.24, 2.45) is 0 Å². The molecule has 0 bridgehead atoms. The van der Waals surface area contributed by atoms with Gasteiger partial charge in [0, 0.05) is 5.56 Å². The first kappa shape index (κ1) is 13.2. The topological polar surface area (TPSA) is 18.5 Å². The molecule has 0 aliphatic carbocycles. The standard InChI is InChI=1S/C17H18O2/c1-3-12-18-16-10-7-11-17(14(16)2)19-13-15-8-5-4-6-9-15/h3-11H,1,12-13H2,2H3. The molecule has 2 heteroatoms. The monoisotopic (exact) mass is 254 g/mol. The highest BCUT2D eigenvalue weighted by Gasteiger charge is 2.05. The minimum absolute atomic E-state index is 0.503. The molecule has 2 rings (SSSR count). The molecule has 0 atom stereocenters. The van der Waals surface area contributed by atoms with Crippen LogP contribution in [-0.4, -0.2) is 6.61 Å². The average Bonchev–Trinajstić information content (AvgIpc) is 2.46. The van der Waals surface area contributed by atoms with Gasteiger partial charge in [-0.3, -0.25) is 0 Å². The smallest absolute Gasteiger partial charge is 0.126 e. The fourth-order valence-electron chi connectivity index (χ4n) is 1.79. The van der Waals surface area contributed by atoms with Crippen LogP contribution in [0.15, 0.2) is 61.2 Å². The molecule has 0 unspecified atom stereocenters. The van der Waals surface area contributed by atoms with E-state index in [4.69, 9.17) is 9.47 Å². The van der Waals surface area contributed by atoms with Gasteiger partial charge in [0.2, 0.25) is 0 Å². The van der Waals surface area contributed by atoms with Crippen molar-refractivity contribution in [3.63, 3.8) is 0 Å². The van der Waals surface area contributed by atoms with Crippen LogP contribution < -0.4 is 9.47 Å². The van der Waals surface area contributed by atoms with E-state index in [1.165, 1.54) is 0 Å². The second kappa shape index (κ2) is 6.64. The van der Waals surface area contributed by atoms with E-state index < -0.39 is 0 Å². The summed E-state index contributed by atoms with van der Waals surface area (Å²) in [6.45, 7) is 6.71. The van der Waals surface area contributed by atoms with Crippen molar-refractivity contribution in [2.75, 3.05) is 6.61 Å². The fourth-order valence-corrected chi connectivity index (χ4v) is 1.79. The number of rotatable bonds is 6. The highest BCUT2D eigenvalue weighted by Crippen LogP contribution is 2.28. The second-order valence-electron chi connectivity index (χ2n) is 4.25. The van der Waals surface area contributed by atoms with E-state index in [1.54, 1.807) is 6.08 Å². The average molecular weight is 254 g/mol. The van der Waals surface area contributed by atoms with E-state index in [-0.39, 0.29) is 0 Å². The van der Waals surface area contributed by atoms with Crippen LogP contribution in [-0.2, 0) is 6.61 Å². The maximum Gasteiger partial charge on any atom is 0.126 e. The Bertz CT molecular complexity index is 532. The molecule has 98 valence electrons. The molecule has 0 fully saturated rings. The summed E-state index contributed by atoms with van der Waals surface area (Å²) in [4.78, 5) is 0. The van der Waals surface area contributed by atoms with Crippen molar-refractivity contribution in [1.29, 1.82) is 0 Å². The highest BCUT2D eigenvalue weighted by molar-refractivity contribution is 5.43. The predicted octanol–water partition coefficient (Wildman–Crippen LogP) is 4.14. The first-order chi connectivity index (χ1) is 9.31. The maximum atomic E-state index is 5.84. The van der Waals surface area contributed by atoms with E-state index in [0.29, 0.717) is 13.2 Å². The van der Waals surface area contributed by atoms with Gasteiger partial charge in [-0.2, -0.15) is 0 Å². The number of hydrogen-bond donors (Lipinski definition) is 0. The molecule has 2 nitrogen and oxygen atoms in total. The summed E-state index contributed by atoms with van der Waals surface area (Å²) in [6, 6.07) is 15.9. The van der Waals surface area contributed by atoms with Gasteiger partial charge < -0.3 is 9.47 Å². The zero-order valence-electron chi connectivity index (χ0n) is 11.1. The van der Waals surface area contributed by atoms with E-state index >= 15 is 0 Å². The van der Waals surface area contributed by atoms with Crippen LogP contribution >= 0.6 is 0 Å². The Labute approximate surface area is 114 Å². The summed E-state index contributed by atoms with van der Waals surface area (Å²) in [5, 5.41) is 0. The van der Waals surface area contributed by atoms with Crippen LogP contribution in [0.2, 0.25) is 0 Å².